The van der Waals surface area contributed by atoms with Gasteiger partial charge in [-0.15, -0.1) is 0 Å². The maximum absolute atomic E-state index is 8.36. The van der Waals surface area contributed by atoms with E-state index in [0.717, 1.165) is 6.54 Å². The zero-order valence-corrected chi connectivity index (χ0v) is 11.7. The van der Waals surface area contributed by atoms with Crippen LogP contribution in [0.1, 0.15) is 59.3 Å². The van der Waals surface area contributed by atoms with Crippen LogP contribution in [0, 0.1) is 0 Å². The van der Waals surface area contributed by atoms with Crippen molar-refractivity contribution in [3.63, 3.8) is 0 Å². The van der Waals surface area contributed by atoms with Crippen molar-refractivity contribution in [1.29, 1.82) is 0 Å². The van der Waals surface area contributed by atoms with Crippen LogP contribution in [0.15, 0.2) is 0 Å². The molecule has 0 aliphatic carbocycles. The highest BCUT2D eigenvalue weighted by atomic mass is 16.3. The molecule has 0 radical (unpaired) electrons. The first kappa shape index (κ1) is 18.7. The first-order valence-corrected chi connectivity index (χ1v) is 6.82. The van der Waals surface area contributed by atoms with Gasteiger partial charge in [-0.05, 0) is 19.3 Å². The third-order valence-electron chi connectivity index (χ3n) is 2.43. The van der Waals surface area contributed by atoms with E-state index in [0.29, 0.717) is 0 Å². The highest BCUT2D eigenvalue weighted by Gasteiger charge is 2.01. The van der Waals surface area contributed by atoms with Gasteiger partial charge < -0.3 is 5.11 Å². The molecule has 0 spiro atoms. The molecule has 0 aromatic rings. The van der Waals surface area contributed by atoms with E-state index in [1.165, 1.54) is 51.6 Å². The average molecular weight is 246 g/mol. The lowest BCUT2D eigenvalue weighted by Gasteiger charge is -2.22. The Morgan fingerprint density at radius 2 is 1.41 bits per heavy atom. The minimum Gasteiger partial charge on any atom is -0.483 e. The van der Waals surface area contributed by atoms with Gasteiger partial charge in [-0.3, -0.25) is 10.2 Å². The summed E-state index contributed by atoms with van der Waals surface area (Å²) in [6.45, 7) is 10.1. The van der Waals surface area contributed by atoms with Gasteiger partial charge >= 0.3 is 0 Å². The number of hydrogen-bond acceptors (Lipinski definition) is 3. The van der Waals surface area contributed by atoms with Crippen molar-refractivity contribution in [3.05, 3.63) is 0 Å². The van der Waals surface area contributed by atoms with E-state index in [9.17, 15) is 0 Å². The highest BCUT2D eigenvalue weighted by molar-refractivity contribution is 5.32. The largest absolute Gasteiger partial charge is 0.483 e. The van der Waals surface area contributed by atoms with Gasteiger partial charge in [-0.1, -0.05) is 40.0 Å². The number of carboxylic acid groups (broad SMARTS) is 1. The SMILES string of the molecule is CCCCNN(CCCC)CCCC.O=CO. The minimum atomic E-state index is -0.250. The van der Waals surface area contributed by atoms with E-state index in [4.69, 9.17) is 9.90 Å². The summed E-state index contributed by atoms with van der Waals surface area (Å²) in [7, 11) is 0. The van der Waals surface area contributed by atoms with Crippen LogP contribution in [0.2, 0.25) is 0 Å². The minimum absolute atomic E-state index is 0.250. The Bertz CT molecular complexity index is 135. The third kappa shape index (κ3) is 18.0. The van der Waals surface area contributed by atoms with E-state index in [1.54, 1.807) is 0 Å². The molecular weight excluding hydrogens is 216 g/mol. The van der Waals surface area contributed by atoms with Crippen LogP contribution in [0.3, 0.4) is 0 Å². The molecule has 0 bridgehead atoms. The molecule has 0 heterocycles. The van der Waals surface area contributed by atoms with Crippen molar-refractivity contribution >= 4 is 6.47 Å². The molecule has 0 saturated heterocycles. The van der Waals surface area contributed by atoms with Gasteiger partial charge in [-0.2, -0.15) is 0 Å². The standard InChI is InChI=1S/C12H28N2.CH2O2/c1-4-7-10-13-14(11-8-5-2)12-9-6-3;2-1-3/h13H,4-12H2,1-3H3;1H,(H,2,3). The van der Waals surface area contributed by atoms with Crippen molar-refractivity contribution in [2.24, 2.45) is 0 Å². The molecular formula is C13H30N2O2. The van der Waals surface area contributed by atoms with E-state index in [1.807, 2.05) is 0 Å². The van der Waals surface area contributed by atoms with Gasteiger partial charge in [0.1, 0.15) is 0 Å². The lowest BCUT2D eigenvalue weighted by atomic mass is 10.3. The zero-order valence-electron chi connectivity index (χ0n) is 11.7. The number of unbranched alkanes of at least 4 members (excludes halogenated alkanes) is 3. The van der Waals surface area contributed by atoms with Crippen LogP contribution < -0.4 is 5.43 Å². The Morgan fingerprint density at radius 1 is 1.00 bits per heavy atom. The van der Waals surface area contributed by atoms with E-state index >= 15 is 0 Å². The monoisotopic (exact) mass is 246 g/mol. The summed E-state index contributed by atoms with van der Waals surface area (Å²) in [5.41, 5.74) is 3.52. The number of nitrogens with zero attached hydrogens (tertiary/aromatic N) is 1. The number of nitrogens with one attached hydrogen (secondary N) is 1. The third-order valence-corrected chi connectivity index (χ3v) is 2.43. The fourth-order valence-electron chi connectivity index (χ4n) is 1.38. The maximum atomic E-state index is 8.36. The summed E-state index contributed by atoms with van der Waals surface area (Å²) in [5, 5.41) is 9.29. The molecule has 0 aromatic heterocycles. The number of hydrogen-bond donors (Lipinski definition) is 2. The molecule has 0 rings (SSSR count). The molecule has 0 fully saturated rings. The fraction of sp³-hybridized carbons (Fsp3) is 0.923. The van der Waals surface area contributed by atoms with Crippen LogP contribution in [0.4, 0.5) is 0 Å². The second-order valence-electron chi connectivity index (χ2n) is 4.06. The van der Waals surface area contributed by atoms with Crippen LogP contribution in [-0.2, 0) is 4.79 Å². The average Bonchev–Trinajstić information content (AvgIpc) is 2.33. The van der Waals surface area contributed by atoms with Gasteiger partial charge in [0, 0.05) is 19.6 Å². The molecule has 0 aliphatic heterocycles. The van der Waals surface area contributed by atoms with Gasteiger partial charge in [0.15, 0.2) is 0 Å². The molecule has 0 aliphatic rings. The second-order valence-corrected chi connectivity index (χ2v) is 4.06. The summed E-state index contributed by atoms with van der Waals surface area (Å²) in [4.78, 5) is 8.36. The molecule has 4 nitrogen and oxygen atoms in total. The predicted octanol–water partition coefficient (Wildman–Crippen LogP) is 2.89. The van der Waals surface area contributed by atoms with Gasteiger partial charge in [-0.25, -0.2) is 5.01 Å². The van der Waals surface area contributed by atoms with Crippen molar-refractivity contribution in [2.75, 3.05) is 19.6 Å². The Labute approximate surface area is 106 Å². The fourth-order valence-corrected chi connectivity index (χ4v) is 1.38. The van der Waals surface area contributed by atoms with E-state index in [2.05, 4.69) is 31.2 Å². The Morgan fingerprint density at radius 3 is 1.76 bits per heavy atom. The van der Waals surface area contributed by atoms with Crippen molar-refractivity contribution in [1.82, 2.24) is 10.4 Å². The number of rotatable bonds is 10. The molecule has 0 saturated carbocycles. The molecule has 0 unspecified atom stereocenters. The maximum Gasteiger partial charge on any atom is 0.290 e. The van der Waals surface area contributed by atoms with Crippen molar-refractivity contribution in [2.45, 2.75) is 59.3 Å². The van der Waals surface area contributed by atoms with Gasteiger partial charge in [0.05, 0.1) is 0 Å². The van der Waals surface area contributed by atoms with Crippen molar-refractivity contribution in [3.8, 4) is 0 Å². The Kier molecular flexibility index (Phi) is 19.6. The van der Waals surface area contributed by atoms with Crippen molar-refractivity contribution < 1.29 is 9.90 Å². The molecule has 17 heavy (non-hydrogen) atoms. The first-order chi connectivity index (χ1) is 8.26. The molecule has 0 aromatic carbocycles. The smallest absolute Gasteiger partial charge is 0.290 e. The van der Waals surface area contributed by atoms with Crippen LogP contribution in [-0.4, -0.2) is 36.2 Å². The lowest BCUT2D eigenvalue weighted by Crippen LogP contribution is -2.39. The summed E-state index contributed by atoms with van der Waals surface area (Å²) in [6.07, 6.45) is 7.76. The molecule has 104 valence electrons. The van der Waals surface area contributed by atoms with E-state index < -0.39 is 0 Å². The molecule has 4 heteroatoms. The lowest BCUT2D eigenvalue weighted by molar-refractivity contribution is -0.122. The Balaban J connectivity index is 0. The normalized spacial score (nSPS) is 9.88. The molecule has 0 atom stereocenters. The summed E-state index contributed by atoms with van der Waals surface area (Å²) in [5.74, 6) is 0. The number of carbonyl (C=O) groups is 1. The first-order valence-electron chi connectivity index (χ1n) is 6.82. The summed E-state index contributed by atoms with van der Waals surface area (Å²) in [6, 6.07) is 0. The highest BCUT2D eigenvalue weighted by Crippen LogP contribution is 1.96. The summed E-state index contributed by atoms with van der Waals surface area (Å²) >= 11 is 0. The summed E-state index contributed by atoms with van der Waals surface area (Å²) < 4.78 is 0. The number of hydrazine groups is 1. The topological polar surface area (TPSA) is 52.6 Å². The van der Waals surface area contributed by atoms with Crippen LogP contribution in [0.5, 0.6) is 0 Å². The van der Waals surface area contributed by atoms with Gasteiger partial charge in [0.25, 0.3) is 6.47 Å². The Hall–Kier alpha value is -0.610. The zero-order chi connectivity index (χ0) is 13.4. The van der Waals surface area contributed by atoms with Gasteiger partial charge in [0.2, 0.25) is 0 Å². The van der Waals surface area contributed by atoms with E-state index in [-0.39, 0.29) is 6.47 Å². The molecule has 0 amide bonds. The van der Waals surface area contributed by atoms with Crippen LogP contribution in [0.25, 0.3) is 0 Å². The predicted molar refractivity (Wildman–Crippen MR) is 73.0 cm³/mol. The quantitative estimate of drug-likeness (QED) is 0.353. The second kappa shape index (κ2) is 17.8. The molecule has 2 N–H and O–H groups in total. The van der Waals surface area contributed by atoms with Crippen LogP contribution >= 0.6 is 0 Å².